The second kappa shape index (κ2) is 7.20. The van der Waals surface area contributed by atoms with Crippen molar-refractivity contribution >= 4 is 28.0 Å². The zero-order valence-corrected chi connectivity index (χ0v) is 14.7. The summed E-state index contributed by atoms with van der Waals surface area (Å²) >= 11 is 1.33. The molecule has 2 aromatic heterocycles. The van der Waals surface area contributed by atoms with Gasteiger partial charge in [-0.1, -0.05) is 41.7 Å². The number of rotatable bonds is 5. The summed E-state index contributed by atoms with van der Waals surface area (Å²) in [5.41, 5.74) is 2.05. The molecule has 0 aliphatic heterocycles. The lowest BCUT2D eigenvalue weighted by Crippen LogP contribution is -2.01. The van der Waals surface area contributed by atoms with Crippen LogP contribution in [0.25, 0.3) is 21.5 Å². The summed E-state index contributed by atoms with van der Waals surface area (Å²) in [5, 5.41) is 0.596. The number of carbonyl (C=O) groups is 1. The molecular weight excluding hydrogens is 370 g/mol. The lowest BCUT2D eigenvalue weighted by molar-refractivity contribution is 0.111. The van der Waals surface area contributed by atoms with Gasteiger partial charge in [0.15, 0.2) is 17.9 Å². The van der Waals surface area contributed by atoms with Gasteiger partial charge in [0.05, 0.1) is 5.56 Å². The quantitative estimate of drug-likeness (QED) is 0.455. The van der Waals surface area contributed by atoms with Gasteiger partial charge in [0.2, 0.25) is 0 Å². The topological polar surface area (TPSA) is 52.1 Å². The van der Waals surface area contributed by atoms with Gasteiger partial charge in [-0.2, -0.15) is 0 Å². The minimum absolute atomic E-state index is 0.0114. The first kappa shape index (κ1) is 17.2. The number of aromatic nitrogens is 2. The van der Waals surface area contributed by atoms with E-state index in [2.05, 4.69) is 9.97 Å². The lowest BCUT2D eigenvalue weighted by atomic mass is 10.1. The van der Waals surface area contributed by atoms with Gasteiger partial charge in [-0.3, -0.25) is 4.79 Å². The summed E-state index contributed by atoms with van der Waals surface area (Å²) in [7, 11) is 0. The van der Waals surface area contributed by atoms with E-state index in [0.29, 0.717) is 10.5 Å². The van der Waals surface area contributed by atoms with Crippen LogP contribution in [0.3, 0.4) is 0 Å². The van der Waals surface area contributed by atoms with Crippen LogP contribution in [0.1, 0.15) is 15.4 Å². The Morgan fingerprint density at radius 3 is 2.67 bits per heavy atom. The van der Waals surface area contributed by atoms with E-state index < -0.39 is 17.2 Å². The highest BCUT2D eigenvalue weighted by atomic mass is 32.1. The first-order valence-corrected chi connectivity index (χ1v) is 8.84. The molecular formula is C20H12F2N2O2S. The second-order valence-corrected chi connectivity index (χ2v) is 6.76. The molecule has 27 heavy (non-hydrogen) atoms. The predicted molar refractivity (Wildman–Crippen MR) is 98.9 cm³/mol. The number of hydrogen-bond acceptors (Lipinski definition) is 5. The molecule has 0 saturated heterocycles. The highest BCUT2D eigenvalue weighted by molar-refractivity contribution is 7.18. The van der Waals surface area contributed by atoms with Gasteiger partial charge in [0.25, 0.3) is 0 Å². The number of carbonyl (C=O) groups excluding carboxylic acids is 1. The van der Waals surface area contributed by atoms with Crippen molar-refractivity contribution in [2.24, 2.45) is 0 Å². The van der Waals surface area contributed by atoms with Gasteiger partial charge in [0, 0.05) is 11.8 Å². The van der Waals surface area contributed by atoms with Gasteiger partial charge < -0.3 is 4.74 Å². The van der Waals surface area contributed by atoms with Crippen molar-refractivity contribution in [1.82, 2.24) is 9.97 Å². The third-order valence-electron chi connectivity index (χ3n) is 3.96. The molecule has 0 fully saturated rings. The Morgan fingerprint density at radius 2 is 1.89 bits per heavy atom. The zero-order chi connectivity index (χ0) is 18.8. The monoisotopic (exact) mass is 382 g/mol. The normalized spacial score (nSPS) is 10.9. The number of benzene rings is 2. The lowest BCUT2D eigenvalue weighted by Gasteiger charge is -2.07. The first-order valence-electron chi connectivity index (χ1n) is 8.02. The largest absolute Gasteiger partial charge is 0.483 e. The third kappa shape index (κ3) is 3.41. The molecule has 7 heteroatoms. The Balaban J connectivity index is 1.58. The van der Waals surface area contributed by atoms with Crippen molar-refractivity contribution in [3.63, 3.8) is 0 Å². The first-order chi connectivity index (χ1) is 13.2. The molecule has 0 atom stereocenters. The minimum atomic E-state index is -1.02. The van der Waals surface area contributed by atoms with Gasteiger partial charge in [-0.05, 0) is 23.8 Å². The molecule has 0 amide bonds. The molecule has 4 rings (SSSR count). The van der Waals surface area contributed by atoms with Crippen molar-refractivity contribution in [3.8, 4) is 16.9 Å². The second-order valence-electron chi connectivity index (χ2n) is 5.70. The van der Waals surface area contributed by atoms with Gasteiger partial charge >= 0.3 is 0 Å². The molecule has 134 valence electrons. The van der Waals surface area contributed by atoms with Crippen LogP contribution in [0.2, 0.25) is 0 Å². The molecule has 0 aliphatic rings. The number of fused-ring (bicyclic) bond motifs is 1. The Kier molecular flexibility index (Phi) is 4.60. The van der Waals surface area contributed by atoms with Crippen molar-refractivity contribution in [1.29, 1.82) is 0 Å². The number of halogens is 2. The molecule has 4 aromatic rings. The Labute approximate surface area is 157 Å². The fourth-order valence-electron chi connectivity index (χ4n) is 2.63. The number of ether oxygens (including phenoxy) is 1. The molecule has 0 spiro atoms. The molecule has 0 aliphatic carbocycles. The molecule has 0 radical (unpaired) electrons. The average molecular weight is 382 g/mol. The maximum absolute atomic E-state index is 14.1. The van der Waals surface area contributed by atoms with Gasteiger partial charge in [-0.15, -0.1) is 0 Å². The summed E-state index contributed by atoms with van der Waals surface area (Å²) in [6.45, 7) is -0.0114. The number of nitrogens with zero attached hydrogens (tertiary/aromatic N) is 2. The van der Waals surface area contributed by atoms with Crippen LogP contribution in [0.15, 0.2) is 54.7 Å². The summed E-state index contributed by atoms with van der Waals surface area (Å²) in [5.74, 6) is -2.14. The average Bonchev–Trinajstić information content (AvgIpc) is 3.10. The number of aldehydes is 1. The van der Waals surface area contributed by atoms with Gasteiger partial charge in [0.1, 0.15) is 27.8 Å². The van der Waals surface area contributed by atoms with E-state index >= 15 is 0 Å². The molecule has 2 heterocycles. The molecule has 0 bridgehead atoms. The Hall–Kier alpha value is -3.19. The molecule has 0 saturated carbocycles. The zero-order valence-electron chi connectivity index (χ0n) is 13.9. The van der Waals surface area contributed by atoms with E-state index in [0.717, 1.165) is 28.1 Å². The number of thiazole rings is 1. The summed E-state index contributed by atoms with van der Waals surface area (Å²) in [6.07, 6.45) is 1.90. The van der Waals surface area contributed by atoms with E-state index in [-0.39, 0.29) is 18.6 Å². The van der Waals surface area contributed by atoms with Crippen LogP contribution < -0.4 is 4.74 Å². The number of hydrogen-bond donors (Lipinski definition) is 0. The fourth-order valence-corrected chi connectivity index (χ4v) is 3.43. The van der Waals surface area contributed by atoms with Crippen molar-refractivity contribution in [3.05, 3.63) is 76.9 Å². The van der Waals surface area contributed by atoms with Crippen LogP contribution in [0.4, 0.5) is 8.78 Å². The third-order valence-corrected chi connectivity index (χ3v) is 4.91. The van der Waals surface area contributed by atoms with Crippen molar-refractivity contribution in [2.75, 3.05) is 0 Å². The maximum Gasteiger partial charge on any atom is 0.178 e. The number of pyridine rings is 1. The van der Waals surface area contributed by atoms with E-state index in [1.165, 1.54) is 11.3 Å². The molecule has 4 nitrogen and oxygen atoms in total. The van der Waals surface area contributed by atoms with E-state index in [1.807, 2.05) is 36.4 Å². The molecule has 0 N–H and O–H groups in total. The predicted octanol–water partition coefficient (Wildman–Crippen LogP) is 5.03. The fraction of sp³-hybridized carbons (Fsp3) is 0.0500. The van der Waals surface area contributed by atoms with Crippen LogP contribution in [0, 0.1) is 11.6 Å². The standard InChI is InChI=1S/C20H12F2N2O2S/c21-15-6-7-17(19(22)14(15)10-25)26-11-18-24-16-8-13(9-23-20(16)27-18)12-4-2-1-3-5-12/h1-10H,11H2. The van der Waals surface area contributed by atoms with E-state index in [1.54, 1.807) is 6.20 Å². The van der Waals surface area contributed by atoms with Crippen LogP contribution in [0.5, 0.6) is 5.75 Å². The van der Waals surface area contributed by atoms with E-state index in [9.17, 15) is 13.6 Å². The smallest absolute Gasteiger partial charge is 0.178 e. The van der Waals surface area contributed by atoms with Crippen LogP contribution in [-0.2, 0) is 6.61 Å². The molecule has 2 aromatic carbocycles. The van der Waals surface area contributed by atoms with Crippen LogP contribution >= 0.6 is 11.3 Å². The Morgan fingerprint density at radius 1 is 1.07 bits per heavy atom. The minimum Gasteiger partial charge on any atom is -0.483 e. The van der Waals surface area contributed by atoms with Crippen LogP contribution in [-0.4, -0.2) is 16.3 Å². The van der Waals surface area contributed by atoms with Crippen molar-refractivity contribution in [2.45, 2.75) is 6.61 Å². The SMILES string of the molecule is O=Cc1c(F)ccc(OCc2nc3cc(-c4ccccc4)cnc3s2)c1F. The summed E-state index contributed by atoms with van der Waals surface area (Å²) in [6, 6.07) is 13.9. The highest BCUT2D eigenvalue weighted by Gasteiger charge is 2.15. The molecule has 0 unspecified atom stereocenters. The van der Waals surface area contributed by atoms with Gasteiger partial charge in [-0.25, -0.2) is 18.7 Å². The van der Waals surface area contributed by atoms with Crippen molar-refractivity contribution < 1.29 is 18.3 Å². The summed E-state index contributed by atoms with van der Waals surface area (Å²) < 4.78 is 32.8. The van der Waals surface area contributed by atoms with E-state index in [4.69, 9.17) is 4.74 Å². The Bertz CT molecular complexity index is 1130. The highest BCUT2D eigenvalue weighted by Crippen LogP contribution is 2.27. The summed E-state index contributed by atoms with van der Waals surface area (Å²) in [4.78, 5) is 20.4. The maximum atomic E-state index is 14.1.